The monoisotopic (exact) mass is 412 g/mol. The molecule has 2 amide bonds. The first kappa shape index (κ1) is 21.7. The number of sulfone groups is 1. The number of carbonyl (C=O) groups is 3. The van der Waals surface area contributed by atoms with Crippen LogP contribution in [0.5, 0.6) is 0 Å². The lowest BCUT2D eigenvalue weighted by Crippen LogP contribution is -2.51. The number of piperazine rings is 1. The third-order valence-corrected chi connectivity index (χ3v) is 6.09. The molecule has 1 heterocycles. The van der Waals surface area contributed by atoms with E-state index in [9.17, 15) is 22.8 Å². The number of carbonyl (C=O) groups excluding carboxylic acids is 3. The molecule has 0 atom stereocenters. The Kier molecular flexibility index (Phi) is 7.38. The Morgan fingerprint density at radius 1 is 0.964 bits per heavy atom. The zero-order chi connectivity index (χ0) is 20.7. The van der Waals surface area contributed by atoms with Crippen molar-refractivity contribution in [2.75, 3.05) is 45.1 Å². The van der Waals surface area contributed by atoms with Gasteiger partial charge in [-0.05, 0) is 19.1 Å². The molecule has 10 heteroatoms. The summed E-state index contributed by atoms with van der Waals surface area (Å²) in [5.41, 5.74) is -0.0933. The lowest BCUT2D eigenvalue weighted by atomic mass is 10.2. The van der Waals surface area contributed by atoms with Gasteiger partial charge in [-0.25, -0.2) is 18.0 Å². The van der Waals surface area contributed by atoms with E-state index in [0.29, 0.717) is 26.2 Å². The first-order chi connectivity index (χ1) is 13.3. The number of benzene rings is 1. The van der Waals surface area contributed by atoms with Gasteiger partial charge in [0.2, 0.25) is 0 Å². The van der Waals surface area contributed by atoms with Crippen molar-refractivity contribution in [1.29, 1.82) is 0 Å². The topological polar surface area (TPSA) is 110 Å². The fourth-order valence-electron chi connectivity index (χ4n) is 2.71. The molecular formula is C18H24N2O7S. The smallest absolute Gasteiger partial charge is 0.409 e. The number of ether oxygens (including phenoxy) is 2. The molecule has 1 saturated heterocycles. The molecule has 0 unspecified atom stereocenters. The van der Waals surface area contributed by atoms with Crippen LogP contribution in [-0.4, -0.2) is 81.3 Å². The highest BCUT2D eigenvalue weighted by Crippen LogP contribution is 2.18. The largest absolute Gasteiger partial charge is 0.452 e. The SMILES string of the molecule is CCOC(=O)N1CCN(C(=O)COC(=O)c2ccccc2S(=O)(=O)CC)CC1. The molecule has 0 saturated carbocycles. The molecule has 1 aromatic rings. The fourth-order valence-corrected chi connectivity index (χ4v) is 3.79. The molecule has 0 N–H and O–H groups in total. The summed E-state index contributed by atoms with van der Waals surface area (Å²) in [4.78, 5) is 39.1. The summed E-state index contributed by atoms with van der Waals surface area (Å²) in [5.74, 6) is -1.43. The van der Waals surface area contributed by atoms with E-state index < -0.39 is 34.4 Å². The Bertz CT molecular complexity index is 830. The van der Waals surface area contributed by atoms with Crippen LogP contribution in [0.25, 0.3) is 0 Å². The van der Waals surface area contributed by atoms with E-state index in [0.717, 1.165) is 0 Å². The summed E-state index contributed by atoms with van der Waals surface area (Å²) in [6.45, 7) is 4.24. The predicted molar refractivity (Wildman–Crippen MR) is 99.6 cm³/mol. The second-order valence-corrected chi connectivity index (χ2v) is 8.29. The average molecular weight is 412 g/mol. The Labute approximate surface area is 164 Å². The summed E-state index contributed by atoms with van der Waals surface area (Å²) in [6, 6.07) is 5.74. The van der Waals surface area contributed by atoms with Gasteiger partial charge >= 0.3 is 12.1 Å². The summed E-state index contributed by atoms with van der Waals surface area (Å²) in [6.07, 6.45) is -0.422. The van der Waals surface area contributed by atoms with E-state index in [1.54, 1.807) is 6.92 Å². The van der Waals surface area contributed by atoms with E-state index >= 15 is 0 Å². The van der Waals surface area contributed by atoms with Gasteiger partial charge in [0.1, 0.15) is 0 Å². The maximum absolute atomic E-state index is 12.3. The zero-order valence-corrected chi connectivity index (χ0v) is 16.7. The molecule has 28 heavy (non-hydrogen) atoms. The summed E-state index contributed by atoms with van der Waals surface area (Å²) in [5, 5.41) is 0. The number of rotatable bonds is 6. The minimum absolute atomic E-state index is 0.0933. The van der Waals surface area contributed by atoms with E-state index in [1.807, 2.05) is 0 Å². The van der Waals surface area contributed by atoms with E-state index in [2.05, 4.69) is 0 Å². The minimum Gasteiger partial charge on any atom is -0.452 e. The van der Waals surface area contributed by atoms with Gasteiger partial charge < -0.3 is 19.3 Å². The van der Waals surface area contributed by atoms with Gasteiger partial charge in [0, 0.05) is 26.2 Å². The van der Waals surface area contributed by atoms with E-state index in [4.69, 9.17) is 9.47 Å². The van der Waals surface area contributed by atoms with Gasteiger partial charge in [-0.3, -0.25) is 4.79 Å². The molecule has 1 aliphatic rings. The van der Waals surface area contributed by atoms with Crippen molar-refractivity contribution in [3.63, 3.8) is 0 Å². The molecule has 0 spiro atoms. The Hall–Kier alpha value is -2.62. The van der Waals surface area contributed by atoms with Crippen molar-refractivity contribution in [1.82, 2.24) is 9.80 Å². The van der Waals surface area contributed by atoms with Gasteiger partial charge in [0.05, 0.1) is 22.8 Å². The number of esters is 1. The van der Waals surface area contributed by atoms with Crippen molar-refractivity contribution >= 4 is 27.8 Å². The van der Waals surface area contributed by atoms with Crippen molar-refractivity contribution in [3.05, 3.63) is 29.8 Å². The maximum atomic E-state index is 12.3. The molecule has 2 rings (SSSR count). The minimum atomic E-state index is -3.60. The van der Waals surface area contributed by atoms with Crippen LogP contribution in [0.2, 0.25) is 0 Å². The normalized spacial score (nSPS) is 14.5. The van der Waals surface area contributed by atoms with Crippen LogP contribution >= 0.6 is 0 Å². The first-order valence-corrected chi connectivity index (χ1v) is 10.6. The van der Waals surface area contributed by atoms with Crippen LogP contribution in [0.4, 0.5) is 4.79 Å². The van der Waals surface area contributed by atoms with Gasteiger partial charge in [0.15, 0.2) is 16.4 Å². The lowest BCUT2D eigenvalue weighted by Gasteiger charge is -2.33. The molecule has 0 radical (unpaired) electrons. The number of nitrogens with zero attached hydrogens (tertiary/aromatic N) is 2. The summed E-state index contributed by atoms with van der Waals surface area (Å²) >= 11 is 0. The van der Waals surface area contributed by atoms with E-state index in [-0.39, 0.29) is 22.8 Å². The number of amides is 2. The standard InChI is InChI=1S/C18H24N2O7S/c1-3-26-18(23)20-11-9-19(10-12-20)16(21)13-27-17(22)14-7-5-6-8-15(14)28(24,25)4-2/h5-8H,3-4,9-13H2,1-2H3. The van der Waals surface area contributed by atoms with Crippen LogP contribution in [0, 0.1) is 0 Å². The highest BCUT2D eigenvalue weighted by molar-refractivity contribution is 7.91. The third kappa shape index (κ3) is 5.22. The van der Waals surface area contributed by atoms with Crippen LogP contribution in [0.1, 0.15) is 24.2 Å². The molecule has 0 aromatic heterocycles. The first-order valence-electron chi connectivity index (χ1n) is 8.98. The fraction of sp³-hybridized carbons (Fsp3) is 0.500. The van der Waals surface area contributed by atoms with Gasteiger partial charge in [-0.2, -0.15) is 0 Å². The van der Waals surface area contributed by atoms with Crippen LogP contribution in [0.3, 0.4) is 0 Å². The van der Waals surface area contributed by atoms with Crippen molar-refractivity contribution in [3.8, 4) is 0 Å². The zero-order valence-electron chi connectivity index (χ0n) is 15.9. The number of hydrogen-bond acceptors (Lipinski definition) is 7. The third-order valence-electron chi connectivity index (χ3n) is 4.31. The van der Waals surface area contributed by atoms with E-state index in [1.165, 1.54) is 41.0 Å². The van der Waals surface area contributed by atoms with Gasteiger partial charge in [-0.15, -0.1) is 0 Å². The Balaban J connectivity index is 1.92. The molecule has 0 bridgehead atoms. The lowest BCUT2D eigenvalue weighted by molar-refractivity contribution is -0.136. The van der Waals surface area contributed by atoms with Gasteiger partial charge in [0.25, 0.3) is 5.91 Å². The highest BCUT2D eigenvalue weighted by atomic mass is 32.2. The summed E-state index contributed by atoms with van der Waals surface area (Å²) < 4.78 is 34.2. The van der Waals surface area contributed by atoms with Crippen molar-refractivity contribution in [2.45, 2.75) is 18.7 Å². The molecule has 1 aromatic carbocycles. The van der Waals surface area contributed by atoms with Crippen molar-refractivity contribution < 1.29 is 32.3 Å². The van der Waals surface area contributed by atoms with Crippen LogP contribution < -0.4 is 0 Å². The van der Waals surface area contributed by atoms with Gasteiger partial charge in [-0.1, -0.05) is 19.1 Å². The Morgan fingerprint density at radius 3 is 2.18 bits per heavy atom. The molecule has 9 nitrogen and oxygen atoms in total. The van der Waals surface area contributed by atoms with Crippen LogP contribution in [0.15, 0.2) is 29.2 Å². The molecule has 1 aliphatic heterocycles. The van der Waals surface area contributed by atoms with Crippen molar-refractivity contribution in [2.24, 2.45) is 0 Å². The highest BCUT2D eigenvalue weighted by Gasteiger charge is 2.26. The second-order valence-electron chi connectivity index (χ2n) is 6.04. The molecular weight excluding hydrogens is 388 g/mol. The molecule has 154 valence electrons. The summed E-state index contributed by atoms with van der Waals surface area (Å²) in [7, 11) is -3.60. The molecule has 0 aliphatic carbocycles. The average Bonchev–Trinajstić information content (AvgIpc) is 2.72. The Morgan fingerprint density at radius 2 is 1.57 bits per heavy atom. The molecule has 1 fully saturated rings. The maximum Gasteiger partial charge on any atom is 0.409 e. The van der Waals surface area contributed by atoms with Crippen LogP contribution in [-0.2, 0) is 24.1 Å². The second kappa shape index (κ2) is 9.54. The predicted octanol–water partition coefficient (Wildman–Crippen LogP) is 0.938. The quantitative estimate of drug-likeness (QED) is 0.639. The number of hydrogen-bond donors (Lipinski definition) is 0.